The summed E-state index contributed by atoms with van der Waals surface area (Å²) < 4.78 is 5.53. The highest BCUT2D eigenvalue weighted by atomic mass is 16.5. The average Bonchev–Trinajstić information content (AvgIpc) is 2.46. The van der Waals surface area contributed by atoms with E-state index in [0.29, 0.717) is 6.42 Å². The van der Waals surface area contributed by atoms with Crippen LogP contribution in [0.1, 0.15) is 33.6 Å². The van der Waals surface area contributed by atoms with Crippen LogP contribution in [0.15, 0.2) is 5.16 Å². The van der Waals surface area contributed by atoms with Gasteiger partial charge in [0.15, 0.2) is 0 Å². The molecule has 15 heavy (non-hydrogen) atoms. The quantitative estimate of drug-likeness (QED) is 0.279. The molecular weight excluding hydrogens is 194 g/mol. The average molecular weight is 215 g/mol. The molecule has 0 aromatic rings. The van der Waals surface area contributed by atoms with Gasteiger partial charge in [0, 0.05) is 24.6 Å². The number of ether oxygens (including phenoxy) is 1. The predicted octanol–water partition coefficient (Wildman–Crippen LogP) is 0.669. The van der Waals surface area contributed by atoms with Crippen LogP contribution in [-0.4, -0.2) is 35.3 Å². The van der Waals surface area contributed by atoms with E-state index in [0.717, 1.165) is 13.0 Å². The Morgan fingerprint density at radius 2 is 2.47 bits per heavy atom. The van der Waals surface area contributed by atoms with Gasteiger partial charge in [-0.15, -0.1) is 0 Å². The fourth-order valence-corrected chi connectivity index (χ4v) is 1.99. The van der Waals surface area contributed by atoms with E-state index in [4.69, 9.17) is 15.7 Å². The number of hydrogen-bond acceptors (Lipinski definition) is 4. The molecule has 1 rings (SSSR count). The summed E-state index contributed by atoms with van der Waals surface area (Å²) in [7, 11) is 0. The van der Waals surface area contributed by atoms with Crippen molar-refractivity contribution in [3.63, 3.8) is 0 Å². The molecule has 0 radical (unpaired) electrons. The van der Waals surface area contributed by atoms with Gasteiger partial charge in [-0.2, -0.15) is 0 Å². The van der Waals surface area contributed by atoms with Gasteiger partial charge < -0.3 is 21.0 Å². The molecule has 0 saturated carbocycles. The monoisotopic (exact) mass is 215 g/mol. The van der Waals surface area contributed by atoms with Crippen molar-refractivity contribution >= 4 is 5.84 Å². The molecule has 1 heterocycles. The third kappa shape index (κ3) is 3.07. The summed E-state index contributed by atoms with van der Waals surface area (Å²) in [6, 6.07) is 0.176. The van der Waals surface area contributed by atoms with Crippen molar-refractivity contribution < 1.29 is 9.94 Å². The van der Waals surface area contributed by atoms with Crippen LogP contribution in [0.5, 0.6) is 0 Å². The van der Waals surface area contributed by atoms with E-state index < -0.39 is 0 Å². The third-order valence-corrected chi connectivity index (χ3v) is 3.11. The minimum Gasteiger partial charge on any atom is -0.409 e. The molecule has 3 unspecified atom stereocenters. The maximum Gasteiger partial charge on any atom is 0.140 e. The Bertz CT molecular complexity index is 245. The molecule has 0 aliphatic carbocycles. The number of hydrogen-bond donors (Lipinski definition) is 3. The number of amidine groups is 1. The number of nitrogens with one attached hydrogen (secondary N) is 1. The van der Waals surface area contributed by atoms with Gasteiger partial charge in [0.25, 0.3) is 0 Å². The second-order valence-corrected chi connectivity index (χ2v) is 4.52. The number of nitrogens with zero attached hydrogens (tertiary/aromatic N) is 1. The Balaban J connectivity index is 2.46. The van der Waals surface area contributed by atoms with E-state index in [-0.39, 0.29) is 23.5 Å². The van der Waals surface area contributed by atoms with Crippen molar-refractivity contribution in [2.24, 2.45) is 10.9 Å². The molecule has 5 heteroatoms. The predicted molar refractivity (Wildman–Crippen MR) is 59.1 cm³/mol. The summed E-state index contributed by atoms with van der Waals surface area (Å²) in [4.78, 5) is 0. The van der Waals surface area contributed by atoms with Gasteiger partial charge in [0.05, 0.1) is 6.10 Å². The van der Waals surface area contributed by atoms with Gasteiger partial charge in [0.2, 0.25) is 0 Å². The van der Waals surface area contributed by atoms with Crippen molar-refractivity contribution in [2.45, 2.75) is 51.3 Å². The maximum absolute atomic E-state index is 8.47. The van der Waals surface area contributed by atoms with E-state index in [1.807, 2.05) is 6.92 Å². The summed E-state index contributed by atoms with van der Waals surface area (Å²) >= 11 is 0. The van der Waals surface area contributed by atoms with Crippen LogP contribution in [0.4, 0.5) is 0 Å². The molecule has 88 valence electrons. The molecule has 5 nitrogen and oxygen atoms in total. The van der Waals surface area contributed by atoms with Crippen LogP contribution in [0.2, 0.25) is 0 Å². The van der Waals surface area contributed by atoms with Crippen LogP contribution >= 0.6 is 0 Å². The second-order valence-electron chi connectivity index (χ2n) is 4.52. The maximum atomic E-state index is 8.47. The highest BCUT2D eigenvalue weighted by molar-refractivity contribution is 5.80. The number of rotatable bonds is 4. The smallest absolute Gasteiger partial charge is 0.140 e. The standard InChI is InChI=1S/C10H21N3O2/c1-7(6-9(11)13-14)12-10(3)4-5-15-8(10)2/h7-8,12,14H,4-6H2,1-3H3,(H2,11,13). The molecule has 4 N–H and O–H groups in total. The summed E-state index contributed by atoms with van der Waals surface area (Å²) in [5.41, 5.74) is 5.45. The molecule has 1 aliphatic heterocycles. The van der Waals surface area contributed by atoms with Gasteiger partial charge in [-0.3, -0.25) is 0 Å². The van der Waals surface area contributed by atoms with Crippen molar-refractivity contribution in [3.8, 4) is 0 Å². The van der Waals surface area contributed by atoms with Gasteiger partial charge in [0.1, 0.15) is 5.84 Å². The lowest BCUT2D eigenvalue weighted by atomic mass is 9.93. The first-order chi connectivity index (χ1) is 6.98. The van der Waals surface area contributed by atoms with Crippen LogP contribution in [0, 0.1) is 0 Å². The Morgan fingerprint density at radius 3 is 2.93 bits per heavy atom. The van der Waals surface area contributed by atoms with Crippen molar-refractivity contribution in [1.82, 2.24) is 5.32 Å². The van der Waals surface area contributed by atoms with Crippen molar-refractivity contribution in [3.05, 3.63) is 0 Å². The highest BCUT2D eigenvalue weighted by Gasteiger charge is 2.37. The summed E-state index contributed by atoms with van der Waals surface area (Å²) in [5, 5.41) is 14.9. The van der Waals surface area contributed by atoms with Gasteiger partial charge in [-0.1, -0.05) is 5.16 Å². The number of oxime groups is 1. The zero-order chi connectivity index (χ0) is 11.5. The second kappa shape index (κ2) is 4.81. The topological polar surface area (TPSA) is 79.9 Å². The zero-order valence-electron chi connectivity index (χ0n) is 9.66. The lowest BCUT2D eigenvalue weighted by molar-refractivity contribution is 0.0852. The lowest BCUT2D eigenvalue weighted by Crippen LogP contribution is -2.52. The van der Waals surface area contributed by atoms with E-state index in [2.05, 4.69) is 24.3 Å². The zero-order valence-corrected chi connectivity index (χ0v) is 9.66. The van der Waals surface area contributed by atoms with Gasteiger partial charge in [-0.05, 0) is 27.2 Å². The van der Waals surface area contributed by atoms with E-state index in [1.54, 1.807) is 0 Å². The van der Waals surface area contributed by atoms with Crippen molar-refractivity contribution in [1.29, 1.82) is 0 Å². The first kappa shape index (κ1) is 12.3. The van der Waals surface area contributed by atoms with Crippen LogP contribution < -0.4 is 11.1 Å². The Kier molecular flexibility index (Phi) is 3.93. The Labute approximate surface area is 90.7 Å². The van der Waals surface area contributed by atoms with E-state index in [1.165, 1.54) is 0 Å². The summed E-state index contributed by atoms with van der Waals surface area (Å²) in [5.74, 6) is 0.255. The molecule has 3 atom stereocenters. The SMILES string of the molecule is CC(CC(N)=NO)NC1(C)CCOC1C. The molecule has 0 aromatic heterocycles. The largest absolute Gasteiger partial charge is 0.409 e. The first-order valence-corrected chi connectivity index (χ1v) is 5.33. The molecule has 1 saturated heterocycles. The van der Waals surface area contributed by atoms with Gasteiger partial charge in [-0.25, -0.2) is 0 Å². The summed E-state index contributed by atoms with van der Waals surface area (Å²) in [6.07, 6.45) is 1.74. The minimum absolute atomic E-state index is 0.00481. The molecule has 0 bridgehead atoms. The fourth-order valence-electron chi connectivity index (χ4n) is 1.99. The van der Waals surface area contributed by atoms with E-state index in [9.17, 15) is 0 Å². The molecule has 0 amide bonds. The molecule has 0 aromatic carbocycles. The minimum atomic E-state index is -0.00481. The fraction of sp³-hybridized carbons (Fsp3) is 0.900. The normalized spacial score (nSPS) is 34.3. The van der Waals surface area contributed by atoms with E-state index >= 15 is 0 Å². The molecule has 1 aliphatic rings. The molecular formula is C10H21N3O2. The Morgan fingerprint density at radius 1 is 1.80 bits per heavy atom. The highest BCUT2D eigenvalue weighted by Crippen LogP contribution is 2.25. The summed E-state index contributed by atoms with van der Waals surface area (Å²) in [6.45, 7) is 7.03. The van der Waals surface area contributed by atoms with Crippen LogP contribution in [0.25, 0.3) is 0 Å². The number of nitrogens with two attached hydrogens (primary N) is 1. The van der Waals surface area contributed by atoms with Gasteiger partial charge >= 0.3 is 0 Å². The Hall–Kier alpha value is -0.810. The third-order valence-electron chi connectivity index (χ3n) is 3.11. The molecule has 1 fully saturated rings. The van der Waals surface area contributed by atoms with Crippen LogP contribution in [-0.2, 0) is 4.74 Å². The lowest BCUT2D eigenvalue weighted by Gasteiger charge is -2.32. The first-order valence-electron chi connectivity index (χ1n) is 5.33. The van der Waals surface area contributed by atoms with Crippen LogP contribution in [0.3, 0.4) is 0 Å². The van der Waals surface area contributed by atoms with Crippen molar-refractivity contribution in [2.75, 3.05) is 6.61 Å². The molecule has 0 spiro atoms.